The lowest BCUT2D eigenvalue weighted by atomic mass is 10.2. The fraction of sp³-hybridized carbons (Fsp3) is 0.467. The van der Waals surface area contributed by atoms with Gasteiger partial charge in [-0.15, -0.1) is 0 Å². The highest BCUT2D eigenvalue weighted by molar-refractivity contribution is 5.45. The van der Waals surface area contributed by atoms with Crippen molar-refractivity contribution in [2.75, 3.05) is 31.1 Å². The molecule has 3 heterocycles. The maximum atomic E-state index is 12.5. The molecular formula is C15H18F3N5. The Bertz CT molecular complexity index is 642. The van der Waals surface area contributed by atoms with Crippen molar-refractivity contribution in [1.82, 2.24) is 19.7 Å². The zero-order valence-electron chi connectivity index (χ0n) is 12.8. The van der Waals surface area contributed by atoms with E-state index < -0.39 is 11.9 Å². The highest BCUT2D eigenvalue weighted by Gasteiger charge is 2.32. The monoisotopic (exact) mass is 325 g/mol. The highest BCUT2D eigenvalue weighted by atomic mass is 19.4. The third-order valence-corrected chi connectivity index (χ3v) is 3.94. The van der Waals surface area contributed by atoms with Crippen LogP contribution in [0.3, 0.4) is 0 Å². The number of halogens is 3. The zero-order valence-corrected chi connectivity index (χ0v) is 12.8. The fourth-order valence-corrected chi connectivity index (χ4v) is 2.72. The topological polar surface area (TPSA) is 37.2 Å². The molecule has 0 N–H and O–H groups in total. The van der Waals surface area contributed by atoms with Gasteiger partial charge in [0.25, 0.3) is 0 Å². The van der Waals surface area contributed by atoms with Crippen LogP contribution in [0.15, 0.2) is 30.7 Å². The van der Waals surface area contributed by atoms with E-state index in [1.807, 2.05) is 19.4 Å². The Balaban J connectivity index is 1.56. The Labute approximate surface area is 132 Å². The summed E-state index contributed by atoms with van der Waals surface area (Å²) in [5.41, 5.74) is 1.05. The predicted molar refractivity (Wildman–Crippen MR) is 79.9 cm³/mol. The molecular weight excluding hydrogens is 307 g/mol. The first kappa shape index (κ1) is 15.8. The number of hydrogen-bond donors (Lipinski definition) is 0. The number of pyridine rings is 1. The molecule has 2 aromatic rings. The molecule has 0 amide bonds. The van der Waals surface area contributed by atoms with E-state index in [-0.39, 0.29) is 0 Å². The van der Waals surface area contributed by atoms with Crippen molar-refractivity contribution in [2.45, 2.75) is 12.7 Å². The van der Waals surface area contributed by atoms with Gasteiger partial charge in [-0.25, -0.2) is 4.98 Å². The van der Waals surface area contributed by atoms with Crippen molar-refractivity contribution in [3.05, 3.63) is 42.0 Å². The summed E-state index contributed by atoms with van der Waals surface area (Å²) in [7, 11) is 1.89. The average molecular weight is 325 g/mol. The fourth-order valence-electron chi connectivity index (χ4n) is 2.72. The molecule has 1 saturated heterocycles. The van der Waals surface area contributed by atoms with Gasteiger partial charge < -0.3 is 4.90 Å². The Hall–Kier alpha value is -2.09. The standard InChI is InChI=1S/C15H18F3N5/c1-21-10-12(8-20-21)11-22-4-6-23(7-5-22)13-2-3-14(19-9-13)15(16,17)18/h2-3,8-10H,4-7,11H2,1H3. The lowest BCUT2D eigenvalue weighted by Crippen LogP contribution is -2.46. The summed E-state index contributed by atoms with van der Waals surface area (Å²) in [6, 6.07) is 2.53. The van der Waals surface area contributed by atoms with Gasteiger partial charge in [-0.3, -0.25) is 9.58 Å². The van der Waals surface area contributed by atoms with Gasteiger partial charge in [0.1, 0.15) is 5.69 Å². The lowest BCUT2D eigenvalue weighted by molar-refractivity contribution is -0.141. The molecule has 8 heteroatoms. The number of aryl methyl sites for hydroxylation is 1. The predicted octanol–water partition coefficient (Wildman–Crippen LogP) is 2.16. The molecule has 0 spiro atoms. The summed E-state index contributed by atoms with van der Waals surface area (Å²) < 4.78 is 39.4. The van der Waals surface area contributed by atoms with Crippen LogP contribution in [0.4, 0.5) is 18.9 Å². The summed E-state index contributed by atoms with van der Waals surface area (Å²) in [5, 5.41) is 4.15. The molecule has 0 atom stereocenters. The van der Waals surface area contributed by atoms with Crippen LogP contribution in [-0.4, -0.2) is 45.8 Å². The Kier molecular flexibility index (Phi) is 4.25. The molecule has 3 rings (SSSR count). The number of alkyl halides is 3. The minimum atomic E-state index is -4.39. The molecule has 2 aromatic heterocycles. The molecule has 0 unspecified atom stereocenters. The second-order valence-corrected chi connectivity index (χ2v) is 5.68. The van der Waals surface area contributed by atoms with Gasteiger partial charge in [0, 0.05) is 51.5 Å². The van der Waals surface area contributed by atoms with Gasteiger partial charge in [-0.2, -0.15) is 18.3 Å². The first-order valence-electron chi connectivity index (χ1n) is 7.40. The summed E-state index contributed by atoms with van der Waals surface area (Å²) >= 11 is 0. The lowest BCUT2D eigenvalue weighted by Gasteiger charge is -2.35. The van der Waals surface area contributed by atoms with Gasteiger partial charge in [-0.05, 0) is 12.1 Å². The maximum Gasteiger partial charge on any atom is 0.433 e. The SMILES string of the molecule is Cn1cc(CN2CCN(c3ccc(C(F)(F)F)nc3)CC2)cn1. The van der Waals surface area contributed by atoms with E-state index in [1.165, 1.54) is 12.3 Å². The van der Waals surface area contributed by atoms with E-state index in [4.69, 9.17) is 0 Å². The highest BCUT2D eigenvalue weighted by Crippen LogP contribution is 2.28. The van der Waals surface area contributed by atoms with Crippen LogP contribution < -0.4 is 4.90 Å². The van der Waals surface area contributed by atoms with Crippen LogP contribution in [0.1, 0.15) is 11.3 Å². The van der Waals surface area contributed by atoms with E-state index in [2.05, 4.69) is 19.9 Å². The van der Waals surface area contributed by atoms with Crippen molar-refractivity contribution < 1.29 is 13.2 Å². The van der Waals surface area contributed by atoms with Crippen LogP contribution in [0.2, 0.25) is 0 Å². The van der Waals surface area contributed by atoms with E-state index in [1.54, 1.807) is 4.68 Å². The van der Waals surface area contributed by atoms with Crippen LogP contribution in [0, 0.1) is 0 Å². The van der Waals surface area contributed by atoms with E-state index >= 15 is 0 Å². The molecule has 0 bridgehead atoms. The van der Waals surface area contributed by atoms with Crippen molar-refractivity contribution in [3.8, 4) is 0 Å². The number of anilines is 1. The molecule has 23 heavy (non-hydrogen) atoms. The summed E-state index contributed by atoms with van der Waals surface area (Å²) in [6.45, 7) is 4.10. The molecule has 1 fully saturated rings. The molecule has 0 radical (unpaired) electrons. The smallest absolute Gasteiger partial charge is 0.368 e. The third kappa shape index (κ3) is 3.82. The first-order valence-corrected chi connectivity index (χ1v) is 7.40. The second kappa shape index (κ2) is 6.19. The van der Waals surface area contributed by atoms with Crippen LogP contribution >= 0.6 is 0 Å². The molecule has 0 aromatic carbocycles. The minimum Gasteiger partial charge on any atom is -0.368 e. The van der Waals surface area contributed by atoms with E-state index in [0.717, 1.165) is 50.0 Å². The van der Waals surface area contributed by atoms with E-state index in [0.29, 0.717) is 0 Å². The van der Waals surface area contributed by atoms with E-state index in [9.17, 15) is 13.2 Å². The van der Waals surface area contributed by atoms with Gasteiger partial charge in [0.2, 0.25) is 0 Å². The van der Waals surface area contributed by atoms with Crippen LogP contribution in [0.25, 0.3) is 0 Å². The summed E-state index contributed by atoms with van der Waals surface area (Å²) in [5.74, 6) is 0. The Morgan fingerprint density at radius 3 is 2.35 bits per heavy atom. The van der Waals surface area contributed by atoms with Gasteiger partial charge in [0.15, 0.2) is 0 Å². The quantitative estimate of drug-likeness (QED) is 0.867. The van der Waals surface area contributed by atoms with Crippen molar-refractivity contribution >= 4 is 5.69 Å². The number of rotatable bonds is 3. The molecule has 5 nitrogen and oxygen atoms in total. The summed E-state index contributed by atoms with van der Waals surface area (Å²) in [6.07, 6.45) is 0.763. The van der Waals surface area contributed by atoms with Gasteiger partial charge in [0.05, 0.1) is 18.1 Å². The molecule has 1 aliphatic heterocycles. The molecule has 0 saturated carbocycles. The second-order valence-electron chi connectivity index (χ2n) is 5.68. The van der Waals surface area contributed by atoms with Crippen LogP contribution in [-0.2, 0) is 19.8 Å². The van der Waals surface area contributed by atoms with Crippen molar-refractivity contribution in [1.29, 1.82) is 0 Å². The number of hydrogen-bond acceptors (Lipinski definition) is 4. The normalized spacial score (nSPS) is 16.8. The average Bonchev–Trinajstić information content (AvgIpc) is 2.92. The number of nitrogens with zero attached hydrogens (tertiary/aromatic N) is 5. The van der Waals surface area contributed by atoms with Crippen LogP contribution in [0.5, 0.6) is 0 Å². The van der Waals surface area contributed by atoms with Crippen molar-refractivity contribution in [2.24, 2.45) is 7.05 Å². The number of aromatic nitrogens is 3. The molecule has 1 aliphatic rings. The minimum absolute atomic E-state index is 0.735. The Morgan fingerprint density at radius 2 is 1.83 bits per heavy atom. The maximum absolute atomic E-state index is 12.5. The zero-order chi connectivity index (χ0) is 16.4. The van der Waals surface area contributed by atoms with Gasteiger partial charge in [-0.1, -0.05) is 0 Å². The number of piperazine rings is 1. The van der Waals surface area contributed by atoms with Gasteiger partial charge >= 0.3 is 6.18 Å². The molecule has 124 valence electrons. The largest absolute Gasteiger partial charge is 0.433 e. The first-order chi connectivity index (χ1) is 10.9. The molecule has 0 aliphatic carbocycles. The summed E-state index contributed by atoms with van der Waals surface area (Å²) in [4.78, 5) is 7.90. The third-order valence-electron chi connectivity index (χ3n) is 3.94. The van der Waals surface area contributed by atoms with Crippen molar-refractivity contribution in [3.63, 3.8) is 0 Å². The Morgan fingerprint density at radius 1 is 1.09 bits per heavy atom.